The van der Waals surface area contributed by atoms with E-state index in [4.69, 9.17) is 11.6 Å². The minimum absolute atomic E-state index is 0.249. The number of hydrogen-bond donors (Lipinski definition) is 1. The Hall–Kier alpha value is -2.05. The number of nitrogens with zero attached hydrogens (tertiary/aromatic N) is 2. The molecule has 3 fully saturated rings. The highest BCUT2D eigenvalue weighted by Gasteiger charge is 2.44. The molecule has 2 bridgehead atoms. The van der Waals surface area contributed by atoms with Crippen molar-refractivity contribution < 1.29 is 0 Å². The zero-order chi connectivity index (χ0) is 18.0. The van der Waals surface area contributed by atoms with Gasteiger partial charge in [-0.05, 0) is 73.1 Å². The largest absolute Gasteiger partial charge is 0.367 e. The van der Waals surface area contributed by atoms with Gasteiger partial charge in [0, 0.05) is 17.7 Å². The van der Waals surface area contributed by atoms with Gasteiger partial charge in [-0.15, -0.1) is 0 Å². The van der Waals surface area contributed by atoms with Crippen LogP contribution in [0.4, 0.5) is 5.82 Å². The average Bonchev–Trinajstić information content (AvgIpc) is 2.68. The molecule has 1 N–H and O–H groups in total. The Balaban J connectivity index is 1.53. The molecule has 3 saturated carbocycles. The van der Waals surface area contributed by atoms with Crippen LogP contribution in [0.3, 0.4) is 0 Å². The first-order valence-electron chi connectivity index (χ1n) is 9.54. The summed E-state index contributed by atoms with van der Waals surface area (Å²) in [5, 5.41) is 3.90. The van der Waals surface area contributed by atoms with Crippen molar-refractivity contribution in [1.29, 1.82) is 0 Å². The molecule has 4 heteroatoms. The molecule has 3 aliphatic carbocycles. The topological polar surface area (TPSA) is 37.8 Å². The van der Waals surface area contributed by atoms with Crippen LogP contribution in [-0.4, -0.2) is 16.0 Å². The number of fused-ring (bicyclic) bond motifs is 3. The maximum absolute atomic E-state index is 6.15. The van der Waals surface area contributed by atoms with E-state index in [0.717, 1.165) is 17.3 Å². The van der Waals surface area contributed by atoms with E-state index in [0.29, 0.717) is 17.2 Å². The summed E-state index contributed by atoms with van der Waals surface area (Å²) in [7, 11) is 0. The van der Waals surface area contributed by atoms with Gasteiger partial charge in [0.05, 0.1) is 0 Å². The third kappa shape index (κ3) is 3.71. The van der Waals surface area contributed by atoms with E-state index in [1.54, 1.807) is 0 Å². The summed E-state index contributed by atoms with van der Waals surface area (Å²) in [5.74, 6) is 7.78. The molecule has 0 saturated heterocycles. The van der Waals surface area contributed by atoms with Crippen molar-refractivity contribution in [2.45, 2.75) is 51.5 Å². The molecule has 26 heavy (non-hydrogen) atoms. The first-order valence-corrected chi connectivity index (χ1v) is 9.92. The summed E-state index contributed by atoms with van der Waals surface area (Å²) in [5.41, 5.74) is 2.15. The Morgan fingerprint density at radius 1 is 1.15 bits per heavy atom. The van der Waals surface area contributed by atoms with Crippen LogP contribution in [-0.2, 0) is 0 Å². The summed E-state index contributed by atoms with van der Waals surface area (Å²) in [4.78, 5) is 8.65. The fourth-order valence-electron chi connectivity index (χ4n) is 4.56. The highest BCUT2D eigenvalue weighted by molar-refractivity contribution is 6.28. The number of aromatic nitrogens is 2. The van der Waals surface area contributed by atoms with Crippen LogP contribution in [0, 0.1) is 23.2 Å². The molecule has 0 radical (unpaired) electrons. The minimum atomic E-state index is 0.249. The van der Waals surface area contributed by atoms with E-state index in [9.17, 15) is 0 Å². The van der Waals surface area contributed by atoms with Gasteiger partial charge < -0.3 is 5.32 Å². The van der Waals surface area contributed by atoms with Gasteiger partial charge >= 0.3 is 0 Å². The Morgan fingerprint density at radius 2 is 1.92 bits per heavy atom. The molecule has 0 spiro atoms. The van der Waals surface area contributed by atoms with E-state index >= 15 is 0 Å². The molecule has 3 aliphatic rings. The third-order valence-corrected chi connectivity index (χ3v) is 6.37. The van der Waals surface area contributed by atoms with E-state index < -0.39 is 0 Å². The maximum atomic E-state index is 6.15. The van der Waals surface area contributed by atoms with Gasteiger partial charge in [-0.1, -0.05) is 37.5 Å². The first-order chi connectivity index (χ1) is 12.7. The molecule has 3 nitrogen and oxygen atoms in total. The minimum Gasteiger partial charge on any atom is -0.367 e. The van der Waals surface area contributed by atoms with E-state index in [1.165, 1.54) is 38.5 Å². The normalized spacial score (nSPS) is 26.8. The highest BCUT2D eigenvalue weighted by Crippen LogP contribution is 2.52. The summed E-state index contributed by atoms with van der Waals surface area (Å²) >= 11 is 6.15. The molecule has 1 aromatic heterocycles. The standard InChI is InChI=1S/C22H24ClN3/c1-2-22-12-10-17(11-13-22)19(15-22)25-20-14-18(24-21(23)26-20)9-8-16-6-4-3-5-7-16/h3-7,14,17,19H,2,10-13,15H2,1H3,(H,24,25,26). The number of rotatable bonds is 3. The van der Waals surface area contributed by atoms with Crippen molar-refractivity contribution in [2.24, 2.45) is 11.3 Å². The predicted octanol–water partition coefficient (Wildman–Crippen LogP) is 5.30. The lowest BCUT2D eigenvalue weighted by Gasteiger charge is -2.51. The molecular weight excluding hydrogens is 342 g/mol. The summed E-state index contributed by atoms with van der Waals surface area (Å²) < 4.78 is 0. The lowest BCUT2D eigenvalue weighted by Crippen LogP contribution is -2.46. The predicted molar refractivity (Wildman–Crippen MR) is 106 cm³/mol. The van der Waals surface area contributed by atoms with Crippen molar-refractivity contribution >= 4 is 17.4 Å². The summed E-state index contributed by atoms with van der Waals surface area (Å²) in [6, 6.07) is 12.3. The molecule has 1 aromatic carbocycles. The molecule has 1 heterocycles. The monoisotopic (exact) mass is 365 g/mol. The molecule has 0 aliphatic heterocycles. The number of halogens is 1. The Bertz CT molecular complexity index is 829. The van der Waals surface area contributed by atoms with E-state index in [1.807, 2.05) is 36.4 Å². The zero-order valence-electron chi connectivity index (χ0n) is 15.1. The third-order valence-electron chi connectivity index (χ3n) is 6.20. The van der Waals surface area contributed by atoms with Gasteiger partial charge in [-0.25, -0.2) is 9.97 Å². The number of nitrogens with one attached hydrogen (secondary N) is 1. The second kappa shape index (κ2) is 7.29. The van der Waals surface area contributed by atoms with Crippen LogP contribution in [0.15, 0.2) is 36.4 Å². The van der Waals surface area contributed by atoms with Crippen molar-refractivity contribution in [3.8, 4) is 11.8 Å². The van der Waals surface area contributed by atoms with Crippen molar-refractivity contribution in [3.05, 3.63) is 52.9 Å². The second-order valence-corrected chi connectivity index (χ2v) is 8.01. The summed E-state index contributed by atoms with van der Waals surface area (Å²) in [6.45, 7) is 2.33. The van der Waals surface area contributed by atoms with Gasteiger partial charge in [0.25, 0.3) is 0 Å². The molecule has 1 unspecified atom stereocenters. The number of benzene rings is 1. The van der Waals surface area contributed by atoms with Crippen LogP contribution in [0.5, 0.6) is 0 Å². The van der Waals surface area contributed by atoms with Crippen LogP contribution in [0.1, 0.15) is 56.7 Å². The van der Waals surface area contributed by atoms with Crippen LogP contribution in [0.2, 0.25) is 5.28 Å². The van der Waals surface area contributed by atoms with E-state index in [-0.39, 0.29) is 5.28 Å². The highest BCUT2D eigenvalue weighted by atomic mass is 35.5. The van der Waals surface area contributed by atoms with Crippen LogP contribution < -0.4 is 5.32 Å². The fraction of sp³-hybridized carbons (Fsp3) is 0.455. The summed E-state index contributed by atoms with van der Waals surface area (Å²) in [6.07, 6.45) is 7.92. The van der Waals surface area contributed by atoms with Crippen LogP contribution >= 0.6 is 11.6 Å². The quantitative estimate of drug-likeness (QED) is 0.592. The molecular formula is C22H24ClN3. The lowest BCUT2D eigenvalue weighted by molar-refractivity contribution is 0.0496. The molecule has 0 amide bonds. The van der Waals surface area contributed by atoms with Crippen LogP contribution in [0.25, 0.3) is 0 Å². The zero-order valence-corrected chi connectivity index (χ0v) is 15.9. The number of anilines is 1. The number of hydrogen-bond acceptors (Lipinski definition) is 3. The molecule has 2 aromatic rings. The van der Waals surface area contributed by atoms with Gasteiger partial charge in [-0.3, -0.25) is 0 Å². The molecule has 134 valence electrons. The van der Waals surface area contributed by atoms with Gasteiger partial charge in [0.2, 0.25) is 5.28 Å². The Labute approximate surface area is 160 Å². The van der Waals surface area contributed by atoms with Crippen molar-refractivity contribution in [3.63, 3.8) is 0 Å². The molecule has 1 atom stereocenters. The second-order valence-electron chi connectivity index (χ2n) is 7.67. The fourth-order valence-corrected chi connectivity index (χ4v) is 4.74. The van der Waals surface area contributed by atoms with Crippen molar-refractivity contribution in [2.75, 3.05) is 5.32 Å². The SMILES string of the molecule is CCC12CCC(CC1)C(Nc1cc(C#Cc3ccccc3)nc(Cl)n1)C2. The maximum Gasteiger partial charge on any atom is 0.225 e. The van der Waals surface area contributed by atoms with Gasteiger partial charge in [-0.2, -0.15) is 0 Å². The molecule has 5 rings (SSSR count). The lowest BCUT2D eigenvalue weighted by atomic mass is 9.57. The smallest absolute Gasteiger partial charge is 0.225 e. The first kappa shape index (κ1) is 17.4. The average molecular weight is 366 g/mol. The van der Waals surface area contributed by atoms with Gasteiger partial charge in [0.15, 0.2) is 0 Å². The van der Waals surface area contributed by atoms with E-state index in [2.05, 4.69) is 34.0 Å². The van der Waals surface area contributed by atoms with Gasteiger partial charge in [0.1, 0.15) is 11.5 Å². The van der Waals surface area contributed by atoms with Crippen molar-refractivity contribution in [1.82, 2.24) is 9.97 Å². The Kier molecular flexibility index (Phi) is 4.87. The Morgan fingerprint density at radius 3 is 2.65 bits per heavy atom.